The normalized spacial score (nSPS) is 10.8. The summed E-state index contributed by atoms with van der Waals surface area (Å²) in [6.07, 6.45) is 1.83. The molecule has 0 amide bonds. The summed E-state index contributed by atoms with van der Waals surface area (Å²) in [7, 11) is 0. The fraction of sp³-hybridized carbons (Fsp3) is 0. The molecule has 0 saturated carbocycles. The van der Waals surface area contributed by atoms with E-state index in [1.165, 1.54) is 24.9 Å². The number of hydrogen-bond donors (Lipinski definition) is 0. The van der Waals surface area contributed by atoms with Gasteiger partial charge in [0.15, 0.2) is 0 Å². The maximum atomic E-state index is 7.19. The van der Waals surface area contributed by atoms with Crippen LogP contribution < -0.4 is 0 Å². The van der Waals surface area contributed by atoms with Crippen LogP contribution in [0.3, 0.4) is 0 Å². The molecule has 4 aromatic rings. The summed E-state index contributed by atoms with van der Waals surface area (Å²) in [4.78, 5) is 8.03. The molecule has 0 aliphatic heterocycles. The third-order valence-electron chi connectivity index (χ3n) is 3.55. The van der Waals surface area contributed by atoms with Gasteiger partial charge in [-0.3, -0.25) is 0 Å². The predicted octanol–water partition coefficient (Wildman–Crippen LogP) is 4.66. The molecule has 3 heteroatoms. The van der Waals surface area contributed by atoms with Gasteiger partial charge in [0.05, 0.1) is 0 Å². The van der Waals surface area contributed by atoms with Gasteiger partial charge in [0.1, 0.15) is 0 Å². The van der Waals surface area contributed by atoms with Crippen molar-refractivity contribution in [2.24, 2.45) is 0 Å². The van der Waals surface area contributed by atoms with Crippen molar-refractivity contribution in [3.63, 3.8) is 0 Å². The Hall–Kier alpha value is -2.40. The molecule has 21 heavy (non-hydrogen) atoms. The molecule has 2 aromatic carbocycles. The van der Waals surface area contributed by atoms with Gasteiger partial charge in [-0.2, -0.15) is 0 Å². The van der Waals surface area contributed by atoms with Gasteiger partial charge < -0.3 is 0 Å². The Morgan fingerprint density at radius 3 is 2.71 bits per heavy atom. The molecule has 0 fully saturated rings. The third kappa shape index (κ3) is 1.97. The van der Waals surface area contributed by atoms with Crippen LogP contribution in [0, 0.1) is 6.57 Å². The minimum atomic E-state index is 0.277. The number of pyridine rings is 1. The van der Waals surface area contributed by atoms with E-state index >= 15 is 0 Å². The first-order valence-corrected chi connectivity index (χ1v) is 8.32. The Labute approximate surface area is 128 Å². The van der Waals surface area contributed by atoms with Gasteiger partial charge in [-0.15, -0.1) is 0 Å². The Balaban J connectivity index is 2.09. The second kappa shape index (κ2) is 4.86. The number of nitrogens with zero attached hydrogens (tertiary/aromatic N) is 2. The van der Waals surface area contributed by atoms with Crippen molar-refractivity contribution in [3.05, 3.63) is 72.2 Å². The topological polar surface area (TPSA) is 17.2 Å². The standard InChI is InChI=1S/C18H10N2Se/c1-19-12-8-9-17-15(11-12)13-5-4-6-14(18(13)21-17)16-7-2-3-10-20-16/h2-11H. The number of fused-ring (bicyclic) bond motifs is 3. The molecule has 0 aliphatic carbocycles. The van der Waals surface area contributed by atoms with Crippen LogP contribution in [0.1, 0.15) is 0 Å². The zero-order chi connectivity index (χ0) is 14.2. The molecular formula is C18H10N2Se. The van der Waals surface area contributed by atoms with Crippen molar-refractivity contribution in [1.82, 2.24) is 4.98 Å². The van der Waals surface area contributed by atoms with Gasteiger partial charge in [-0.1, -0.05) is 0 Å². The summed E-state index contributed by atoms with van der Waals surface area (Å²) in [6.45, 7) is 7.19. The first-order chi connectivity index (χ1) is 10.4. The van der Waals surface area contributed by atoms with Gasteiger partial charge >= 0.3 is 128 Å². The first-order valence-electron chi connectivity index (χ1n) is 6.61. The van der Waals surface area contributed by atoms with E-state index in [0.29, 0.717) is 5.69 Å². The van der Waals surface area contributed by atoms with E-state index in [1.807, 2.05) is 30.5 Å². The van der Waals surface area contributed by atoms with E-state index in [2.05, 4.69) is 40.2 Å². The fourth-order valence-electron chi connectivity index (χ4n) is 2.58. The van der Waals surface area contributed by atoms with E-state index in [1.54, 1.807) is 0 Å². The molecule has 0 spiro atoms. The van der Waals surface area contributed by atoms with Crippen molar-refractivity contribution in [1.29, 1.82) is 0 Å². The molecule has 0 N–H and O–H groups in total. The average Bonchev–Trinajstić information content (AvgIpc) is 2.93. The molecule has 98 valence electrons. The summed E-state index contributed by atoms with van der Waals surface area (Å²) in [6, 6.07) is 18.4. The molecule has 0 bridgehead atoms. The molecule has 4 rings (SSSR count). The van der Waals surface area contributed by atoms with Gasteiger partial charge in [-0.25, -0.2) is 0 Å². The van der Waals surface area contributed by atoms with Crippen LogP contribution in [0.5, 0.6) is 0 Å². The van der Waals surface area contributed by atoms with Crippen molar-refractivity contribution < 1.29 is 0 Å². The zero-order valence-electron chi connectivity index (χ0n) is 11.1. The molecule has 2 nitrogen and oxygen atoms in total. The number of aromatic nitrogens is 1. The van der Waals surface area contributed by atoms with Crippen molar-refractivity contribution in [3.8, 4) is 11.3 Å². The Kier molecular flexibility index (Phi) is 2.86. The van der Waals surface area contributed by atoms with Crippen LogP contribution in [-0.4, -0.2) is 19.5 Å². The number of rotatable bonds is 1. The molecule has 2 aromatic heterocycles. The molecule has 2 heterocycles. The van der Waals surface area contributed by atoms with Crippen LogP contribution in [0.2, 0.25) is 0 Å². The average molecular weight is 333 g/mol. The summed E-state index contributed by atoms with van der Waals surface area (Å²) < 4.78 is 2.73. The Morgan fingerprint density at radius 2 is 1.90 bits per heavy atom. The summed E-state index contributed by atoms with van der Waals surface area (Å²) >= 11 is 0.277. The number of benzene rings is 2. The molecule has 0 unspecified atom stereocenters. The molecular weight excluding hydrogens is 323 g/mol. The molecule has 0 aliphatic rings. The maximum absolute atomic E-state index is 7.19. The second-order valence-corrected chi connectivity index (χ2v) is 7.00. The van der Waals surface area contributed by atoms with Gasteiger partial charge in [0.2, 0.25) is 0 Å². The van der Waals surface area contributed by atoms with Gasteiger partial charge in [-0.05, 0) is 0 Å². The van der Waals surface area contributed by atoms with E-state index in [-0.39, 0.29) is 14.5 Å². The van der Waals surface area contributed by atoms with Crippen LogP contribution in [0.15, 0.2) is 60.8 Å². The zero-order valence-corrected chi connectivity index (χ0v) is 12.8. The number of hydrogen-bond acceptors (Lipinski definition) is 1. The van der Waals surface area contributed by atoms with Crippen LogP contribution in [-0.2, 0) is 0 Å². The SMILES string of the molecule is [C-]#[N+]c1ccc2[se]c3c(-c4ccccn4)cccc3c2c1. The fourth-order valence-corrected chi connectivity index (χ4v) is 5.11. The molecule has 0 atom stereocenters. The van der Waals surface area contributed by atoms with E-state index in [4.69, 9.17) is 6.57 Å². The van der Waals surface area contributed by atoms with Crippen LogP contribution >= 0.6 is 0 Å². The Bertz CT molecular complexity index is 994. The predicted molar refractivity (Wildman–Crippen MR) is 87.9 cm³/mol. The molecule has 0 saturated heterocycles. The monoisotopic (exact) mass is 334 g/mol. The van der Waals surface area contributed by atoms with Crippen LogP contribution in [0.25, 0.3) is 35.4 Å². The van der Waals surface area contributed by atoms with E-state index in [0.717, 1.165) is 5.69 Å². The van der Waals surface area contributed by atoms with Crippen molar-refractivity contribution >= 4 is 39.5 Å². The van der Waals surface area contributed by atoms with Crippen molar-refractivity contribution in [2.45, 2.75) is 0 Å². The van der Waals surface area contributed by atoms with Gasteiger partial charge in [0, 0.05) is 0 Å². The van der Waals surface area contributed by atoms with Crippen molar-refractivity contribution in [2.75, 3.05) is 0 Å². The first kappa shape index (κ1) is 12.3. The summed E-state index contributed by atoms with van der Waals surface area (Å²) in [5, 5.41) is 2.48. The summed E-state index contributed by atoms with van der Waals surface area (Å²) in [5.41, 5.74) is 2.95. The second-order valence-electron chi connectivity index (χ2n) is 4.79. The Morgan fingerprint density at radius 1 is 0.952 bits per heavy atom. The third-order valence-corrected chi connectivity index (χ3v) is 6.11. The molecule has 0 radical (unpaired) electrons. The summed E-state index contributed by atoms with van der Waals surface area (Å²) in [5.74, 6) is 0. The minimum absolute atomic E-state index is 0.277. The quantitative estimate of drug-likeness (QED) is 0.366. The van der Waals surface area contributed by atoms with Crippen LogP contribution in [0.4, 0.5) is 5.69 Å². The van der Waals surface area contributed by atoms with Gasteiger partial charge in [0.25, 0.3) is 0 Å². The van der Waals surface area contributed by atoms with E-state index < -0.39 is 0 Å². The van der Waals surface area contributed by atoms with E-state index in [9.17, 15) is 0 Å².